The Hall–Kier alpha value is -2.98. The first-order valence-corrected chi connectivity index (χ1v) is 10.2. The predicted octanol–water partition coefficient (Wildman–Crippen LogP) is 1.56. The van der Waals surface area contributed by atoms with Gasteiger partial charge in [-0.05, 0) is 24.3 Å². The van der Waals surface area contributed by atoms with Gasteiger partial charge in [0.15, 0.2) is 18.7 Å². The Morgan fingerprint density at radius 3 is 2.44 bits per heavy atom. The molecule has 9 heteroatoms. The lowest BCUT2D eigenvalue weighted by Crippen LogP contribution is -2.67. The van der Waals surface area contributed by atoms with E-state index in [2.05, 4.69) is 5.32 Å². The molecule has 2 N–H and O–H groups in total. The number of amides is 1. The molecule has 0 aliphatic carbocycles. The molecule has 0 spiro atoms. The normalized spacial score (nSPS) is 29.5. The molecule has 1 amide bonds. The van der Waals surface area contributed by atoms with Crippen LogP contribution in [0, 0.1) is 0 Å². The van der Waals surface area contributed by atoms with Crippen LogP contribution in [0.5, 0.6) is 5.75 Å². The lowest BCUT2D eigenvalue weighted by atomic mass is 9.95. The van der Waals surface area contributed by atoms with E-state index in [4.69, 9.17) is 23.7 Å². The Kier molecular flexibility index (Phi) is 6.71. The molecular formula is C23H25NO8. The van der Waals surface area contributed by atoms with Crippen molar-refractivity contribution < 1.29 is 38.4 Å². The fourth-order valence-corrected chi connectivity index (χ4v) is 3.81. The summed E-state index contributed by atoms with van der Waals surface area (Å²) >= 11 is 0. The average Bonchev–Trinajstić information content (AvgIpc) is 2.81. The number of methoxy groups -OCH3 is 1. The lowest BCUT2D eigenvalue weighted by molar-refractivity contribution is -0.337. The zero-order valence-electron chi connectivity index (χ0n) is 17.7. The van der Waals surface area contributed by atoms with E-state index in [0.29, 0.717) is 11.3 Å². The summed E-state index contributed by atoms with van der Waals surface area (Å²) in [5.41, 5.74) is 1.07. The van der Waals surface area contributed by atoms with Gasteiger partial charge in [-0.3, -0.25) is 4.79 Å². The third-order valence-corrected chi connectivity index (χ3v) is 5.37. The molecule has 1 unspecified atom stereocenters. The maximum Gasteiger partial charge on any atom is 0.338 e. The van der Waals surface area contributed by atoms with E-state index in [9.17, 15) is 14.7 Å². The molecule has 0 radical (unpaired) electrons. The van der Waals surface area contributed by atoms with Crippen molar-refractivity contribution in [2.75, 3.05) is 13.7 Å². The van der Waals surface area contributed by atoms with Gasteiger partial charge in [0.2, 0.25) is 5.91 Å². The highest BCUT2D eigenvalue weighted by molar-refractivity contribution is 5.89. The topological polar surface area (TPSA) is 113 Å². The van der Waals surface area contributed by atoms with Crippen molar-refractivity contribution in [1.82, 2.24) is 5.32 Å². The highest BCUT2D eigenvalue weighted by atomic mass is 16.7. The van der Waals surface area contributed by atoms with E-state index < -0.39 is 48.8 Å². The summed E-state index contributed by atoms with van der Waals surface area (Å²) in [5.74, 6) is -0.322. The Bertz CT molecular complexity index is 935. The van der Waals surface area contributed by atoms with Crippen LogP contribution in [-0.4, -0.2) is 61.3 Å². The van der Waals surface area contributed by atoms with Crippen molar-refractivity contribution in [3.63, 3.8) is 0 Å². The first kappa shape index (κ1) is 22.2. The molecule has 2 saturated heterocycles. The van der Waals surface area contributed by atoms with Crippen molar-refractivity contribution >= 4 is 11.9 Å². The monoisotopic (exact) mass is 443 g/mol. The molecule has 4 rings (SSSR count). The molecule has 0 bridgehead atoms. The van der Waals surface area contributed by atoms with Crippen molar-refractivity contribution in [1.29, 1.82) is 0 Å². The molecular weight excluding hydrogens is 418 g/mol. The number of esters is 1. The molecule has 2 aromatic carbocycles. The molecule has 9 nitrogen and oxygen atoms in total. The second-order valence-corrected chi connectivity index (χ2v) is 7.57. The molecule has 0 saturated carbocycles. The van der Waals surface area contributed by atoms with Gasteiger partial charge in [-0.1, -0.05) is 30.3 Å². The second-order valence-electron chi connectivity index (χ2n) is 7.57. The number of benzene rings is 2. The number of hydrogen-bond acceptors (Lipinski definition) is 8. The van der Waals surface area contributed by atoms with E-state index in [1.165, 1.54) is 6.92 Å². The van der Waals surface area contributed by atoms with Crippen molar-refractivity contribution in [2.24, 2.45) is 0 Å². The number of fused-ring (bicyclic) bond motifs is 1. The molecule has 32 heavy (non-hydrogen) atoms. The second kappa shape index (κ2) is 9.66. The number of carbonyl (C=O) groups excluding carboxylic acids is 2. The van der Waals surface area contributed by atoms with Gasteiger partial charge in [0.1, 0.15) is 24.0 Å². The first-order chi connectivity index (χ1) is 15.5. The van der Waals surface area contributed by atoms with Crippen LogP contribution in [0.15, 0.2) is 54.6 Å². The lowest BCUT2D eigenvalue weighted by Gasteiger charge is -2.47. The minimum Gasteiger partial charge on any atom is -0.497 e. The van der Waals surface area contributed by atoms with Crippen LogP contribution in [0.25, 0.3) is 0 Å². The van der Waals surface area contributed by atoms with Crippen LogP contribution in [-0.2, 0) is 23.7 Å². The molecule has 2 aromatic rings. The Morgan fingerprint density at radius 2 is 1.78 bits per heavy atom. The van der Waals surface area contributed by atoms with E-state index in [0.717, 1.165) is 5.56 Å². The van der Waals surface area contributed by atoms with Gasteiger partial charge in [0, 0.05) is 12.5 Å². The Balaban J connectivity index is 1.59. The largest absolute Gasteiger partial charge is 0.497 e. The zero-order valence-corrected chi connectivity index (χ0v) is 17.7. The van der Waals surface area contributed by atoms with Crippen LogP contribution >= 0.6 is 0 Å². The maximum absolute atomic E-state index is 12.8. The molecule has 170 valence electrons. The molecule has 2 aliphatic heterocycles. The van der Waals surface area contributed by atoms with Gasteiger partial charge in [-0.15, -0.1) is 0 Å². The summed E-state index contributed by atoms with van der Waals surface area (Å²) in [6, 6.07) is 14.6. The number of carbonyl (C=O) groups is 2. The summed E-state index contributed by atoms with van der Waals surface area (Å²) in [5, 5.41) is 13.1. The smallest absolute Gasteiger partial charge is 0.338 e. The summed E-state index contributed by atoms with van der Waals surface area (Å²) in [6.07, 6.45) is -4.65. The summed E-state index contributed by atoms with van der Waals surface area (Å²) < 4.78 is 28.5. The van der Waals surface area contributed by atoms with Crippen molar-refractivity contribution in [2.45, 2.75) is 43.9 Å². The van der Waals surface area contributed by atoms with Gasteiger partial charge < -0.3 is 34.1 Å². The van der Waals surface area contributed by atoms with Crippen molar-refractivity contribution in [3.8, 4) is 5.75 Å². The van der Waals surface area contributed by atoms with E-state index in [1.807, 2.05) is 0 Å². The number of nitrogens with one attached hydrogen (secondary N) is 1. The minimum absolute atomic E-state index is 0.102. The van der Waals surface area contributed by atoms with Crippen LogP contribution in [0.2, 0.25) is 0 Å². The van der Waals surface area contributed by atoms with Crippen LogP contribution < -0.4 is 10.1 Å². The number of aliphatic hydroxyl groups is 1. The number of rotatable bonds is 5. The maximum atomic E-state index is 12.8. The van der Waals surface area contributed by atoms with Crippen LogP contribution in [0.3, 0.4) is 0 Å². The molecule has 2 heterocycles. The molecule has 0 aromatic heterocycles. The standard InChI is InChI=1S/C23H25NO8/c1-13(25)24-18-20(31-21(26)14-6-4-3-5-7-14)19-17(30-22(18)27)12-29-23(32-19)15-8-10-16(28-2)11-9-15/h3-11,17-20,22-23,27H,12H2,1-2H3,(H,24,25)/t17-,18-,19-,20-,22+,23?/m1/s1. The number of ether oxygens (including phenoxy) is 5. The van der Waals surface area contributed by atoms with Gasteiger partial charge in [-0.2, -0.15) is 0 Å². The molecule has 2 aliphatic rings. The SMILES string of the molecule is COc1ccc(C2OC[C@H]3O[C@H](O)[C@H](NC(C)=O)[C@@H](OC(=O)c4ccccc4)[C@@H]3O2)cc1. The van der Waals surface area contributed by atoms with Gasteiger partial charge in [-0.25, -0.2) is 4.79 Å². The third-order valence-electron chi connectivity index (χ3n) is 5.37. The molecule has 2 fully saturated rings. The van der Waals surface area contributed by atoms with Gasteiger partial charge in [0.25, 0.3) is 0 Å². The Labute approximate surface area is 185 Å². The minimum atomic E-state index is -1.40. The van der Waals surface area contributed by atoms with Crippen molar-refractivity contribution in [3.05, 3.63) is 65.7 Å². The zero-order chi connectivity index (χ0) is 22.7. The number of hydrogen-bond donors (Lipinski definition) is 2. The highest BCUT2D eigenvalue weighted by Gasteiger charge is 2.52. The molecule has 6 atom stereocenters. The average molecular weight is 443 g/mol. The van der Waals surface area contributed by atoms with E-state index >= 15 is 0 Å². The fourth-order valence-electron chi connectivity index (χ4n) is 3.81. The van der Waals surface area contributed by atoms with Crippen LogP contribution in [0.1, 0.15) is 29.1 Å². The highest BCUT2D eigenvalue weighted by Crippen LogP contribution is 2.35. The van der Waals surface area contributed by atoms with Crippen LogP contribution in [0.4, 0.5) is 0 Å². The Morgan fingerprint density at radius 1 is 1.06 bits per heavy atom. The summed E-state index contributed by atoms with van der Waals surface area (Å²) in [4.78, 5) is 24.6. The van der Waals surface area contributed by atoms with Gasteiger partial charge in [0.05, 0.1) is 19.3 Å². The van der Waals surface area contributed by atoms with Gasteiger partial charge >= 0.3 is 5.97 Å². The third kappa shape index (κ3) is 4.76. The number of aliphatic hydroxyl groups excluding tert-OH is 1. The first-order valence-electron chi connectivity index (χ1n) is 10.2. The van der Waals surface area contributed by atoms with E-state index in [-0.39, 0.29) is 6.61 Å². The fraction of sp³-hybridized carbons (Fsp3) is 0.391. The van der Waals surface area contributed by atoms with E-state index in [1.54, 1.807) is 61.7 Å². The summed E-state index contributed by atoms with van der Waals surface area (Å²) in [7, 11) is 1.58. The summed E-state index contributed by atoms with van der Waals surface area (Å²) in [6.45, 7) is 1.41. The predicted molar refractivity (Wildman–Crippen MR) is 111 cm³/mol. The quantitative estimate of drug-likeness (QED) is 0.670.